The minimum atomic E-state index is -0.0212. The molecule has 0 radical (unpaired) electrons. The second-order valence-electron chi connectivity index (χ2n) is 6.73. The smallest absolute Gasteiger partial charge is 0.254 e. The van der Waals surface area contributed by atoms with Gasteiger partial charge in [0, 0.05) is 19.6 Å². The highest BCUT2D eigenvalue weighted by Crippen LogP contribution is 2.17. The van der Waals surface area contributed by atoms with Crippen molar-refractivity contribution < 1.29 is 9.21 Å². The van der Waals surface area contributed by atoms with E-state index in [0.29, 0.717) is 17.2 Å². The zero-order valence-electron chi connectivity index (χ0n) is 14.5. The summed E-state index contributed by atoms with van der Waals surface area (Å²) in [6.07, 6.45) is 2.24. The summed E-state index contributed by atoms with van der Waals surface area (Å²) in [7, 11) is 0. The number of nitrogens with zero attached hydrogens (tertiary/aromatic N) is 1. The molecule has 0 aliphatic carbocycles. The fourth-order valence-electron chi connectivity index (χ4n) is 3.40. The Hall–Kier alpha value is -2.07. The molecule has 0 unspecified atom stereocenters. The van der Waals surface area contributed by atoms with Crippen LogP contribution in [0.2, 0.25) is 0 Å². The van der Waals surface area contributed by atoms with E-state index in [1.54, 1.807) is 0 Å². The second kappa shape index (κ2) is 7.67. The summed E-state index contributed by atoms with van der Waals surface area (Å²) in [6.45, 7) is 7.72. The Kier molecular flexibility index (Phi) is 5.36. The Labute approximate surface area is 143 Å². The predicted molar refractivity (Wildman–Crippen MR) is 95.2 cm³/mol. The molecule has 24 heavy (non-hydrogen) atoms. The van der Waals surface area contributed by atoms with Gasteiger partial charge in [0.25, 0.3) is 5.91 Å². The van der Waals surface area contributed by atoms with Crippen molar-refractivity contribution in [3.63, 3.8) is 0 Å². The topological polar surface area (TPSA) is 45.5 Å². The highest BCUT2D eigenvalue weighted by atomic mass is 16.3. The Balaban J connectivity index is 1.41. The largest absolute Gasteiger partial charge is 0.466 e. The molecule has 128 valence electrons. The van der Waals surface area contributed by atoms with Crippen molar-refractivity contribution in [3.05, 3.63) is 59.0 Å². The van der Waals surface area contributed by atoms with Crippen molar-refractivity contribution >= 4 is 5.91 Å². The summed E-state index contributed by atoms with van der Waals surface area (Å²) in [6, 6.07) is 12.4. The van der Waals surface area contributed by atoms with Gasteiger partial charge in [-0.25, -0.2) is 0 Å². The van der Waals surface area contributed by atoms with Gasteiger partial charge in [-0.2, -0.15) is 0 Å². The minimum Gasteiger partial charge on any atom is -0.466 e. The highest BCUT2D eigenvalue weighted by molar-refractivity contribution is 5.95. The molecule has 1 aliphatic heterocycles. The van der Waals surface area contributed by atoms with E-state index in [1.807, 2.05) is 19.9 Å². The number of rotatable bonds is 6. The van der Waals surface area contributed by atoms with E-state index in [4.69, 9.17) is 4.42 Å². The quantitative estimate of drug-likeness (QED) is 0.887. The number of hydrogen-bond acceptors (Lipinski definition) is 3. The molecular weight excluding hydrogens is 300 g/mol. The molecule has 0 saturated carbocycles. The third-order valence-electron chi connectivity index (χ3n) is 4.77. The first-order valence-corrected chi connectivity index (χ1v) is 8.73. The molecule has 1 amide bonds. The number of aryl methyl sites for hydroxylation is 2. The average Bonchev–Trinajstić information content (AvgIpc) is 3.17. The van der Waals surface area contributed by atoms with Gasteiger partial charge in [-0.15, -0.1) is 0 Å². The third-order valence-corrected chi connectivity index (χ3v) is 4.77. The van der Waals surface area contributed by atoms with E-state index in [2.05, 4.69) is 40.5 Å². The number of amides is 1. The van der Waals surface area contributed by atoms with Crippen LogP contribution in [0.4, 0.5) is 0 Å². The van der Waals surface area contributed by atoms with Crippen molar-refractivity contribution in [2.45, 2.75) is 26.7 Å². The molecule has 4 nitrogen and oxygen atoms in total. The summed E-state index contributed by atoms with van der Waals surface area (Å²) >= 11 is 0. The Morgan fingerprint density at radius 2 is 2.08 bits per heavy atom. The van der Waals surface area contributed by atoms with Gasteiger partial charge in [-0.3, -0.25) is 4.79 Å². The van der Waals surface area contributed by atoms with Crippen LogP contribution in [-0.2, 0) is 6.42 Å². The van der Waals surface area contributed by atoms with Crippen LogP contribution in [-0.4, -0.2) is 37.0 Å². The molecule has 1 N–H and O–H groups in total. The van der Waals surface area contributed by atoms with E-state index in [9.17, 15) is 4.79 Å². The lowest BCUT2D eigenvalue weighted by Gasteiger charge is -2.16. The first-order chi connectivity index (χ1) is 11.6. The lowest BCUT2D eigenvalue weighted by atomic mass is 10.1. The summed E-state index contributed by atoms with van der Waals surface area (Å²) in [5, 5.41) is 3.06. The van der Waals surface area contributed by atoms with Crippen LogP contribution in [0.1, 0.15) is 33.9 Å². The van der Waals surface area contributed by atoms with Crippen LogP contribution >= 0.6 is 0 Å². The Bertz CT molecular complexity index is 678. The van der Waals surface area contributed by atoms with Crippen molar-refractivity contribution in [1.82, 2.24) is 10.2 Å². The van der Waals surface area contributed by atoms with Gasteiger partial charge < -0.3 is 14.6 Å². The number of nitrogens with one attached hydrogen (secondary N) is 1. The van der Waals surface area contributed by atoms with Crippen molar-refractivity contribution in [2.24, 2.45) is 5.92 Å². The van der Waals surface area contributed by atoms with E-state index >= 15 is 0 Å². The van der Waals surface area contributed by atoms with Crippen molar-refractivity contribution in [2.75, 3.05) is 26.2 Å². The Morgan fingerprint density at radius 1 is 1.29 bits per heavy atom. The van der Waals surface area contributed by atoms with Gasteiger partial charge in [-0.1, -0.05) is 30.3 Å². The number of carbonyl (C=O) groups is 1. The summed E-state index contributed by atoms with van der Waals surface area (Å²) in [4.78, 5) is 14.7. The highest BCUT2D eigenvalue weighted by Gasteiger charge is 2.23. The molecule has 2 aromatic rings. The van der Waals surface area contributed by atoms with Gasteiger partial charge >= 0.3 is 0 Å². The van der Waals surface area contributed by atoms with Crippen LogP contribution < -0.4 is 5.32 Å². The molecule has 1 aromatic carbocycles. The molecule has 3 rings (SSSR count). The Morgan fingerprint density at radius 3 is 2.79 bits per heavy atom. The SMILES string of the molecule is Cc1cc(C(=O)NC[C@@H]2CCN(CCc3ccccc3)C2)c(C)o1. The molecular formula is C20H26N2O2. The zero-order chi connectivity index (χ0) is 16.9. The van der Waals surface area contributed by atoms with E-state index < -0.39 is 0 Å². The number of likely N-dealkylation sites (tertiary alicyclic amines) is 1. The molecule has 1 aliphatic rings. The fourth-order valence-corrected chi connectivity index (χ4v) is 3.40. The second-order valence-corrected chi connectivity index (χ2v) is 6.73. The summed E-state index contributed by atoms with van der Waals surface area (Å²) < 4.78 is 5.43. The molecule has 0 bridgehead atoms. The van der Waals surface area contributed by atoms with Crippen LogP contribution in [0.5, 0.6) is 0 Å². The number of carbonyl (C=O) groups excluding carboxylic acids is 1. The molecule has 1 aromatic heterocycles. The normalized spacial score (nSPS) is 18.0. The van der Waals surface area contributed by atoms with Gasteiger partial charge in [-0.05, 0) is 50.8 Å². The van der Waals surface area contributed by atoms with Gasteiger partial charge in [0.2, 0.25) is 0 Å². The average molecular weight is 326 g/mol. The number of furan rings is 1. The van der Waals surface area contributed by atoms with Crippen molar-refractivity contribution in [3.8, 4) is 0 Å². The number of benzene rings is 1. The minimum absolute atomic E-state index is 0.0212. The monoisotopic (exact) mass is 326 g/mol. The first kappa shape index (κ1) is 16.8. The van der Waals surface area contributed by atoms with Crippen LogP contribution in [0.15, 0.2) is 40.8 Å². The first-order valence-electron chi connectivity index (χ1n) is 8.73. The van der Waals surface area contributed by atoms with Gasteiger partial charge in [0.15, 0.2) is 0 Å². The molecule has 0 spiro atoms. The van der Waals surface area contributed by atoms with E-state index in [0.717, 1.165) is 44.8 Å². The predicted octanol–water partition coefficient (Wildman–Crippen LogP) is 3.19. The maximum atomic E-state index is 12.2. The lowest BCUT2D eigenvalue weighted by molar-refractivity contribution is 0.0946. The summed E-state index contributed by atoms with van der Waals surface area (Å²) in [5.74, 6) is 2.00. The van der Waals surface area contributed by atoms with Gasteiger partial charge in [0.05, 0.1) is 5.56 Å². The molecule has 1 atom stereocenters. The van der Waals surface area contributed by atoms with Crippen molar-refractivity contribution in [1.29, 1.82) is 0 Å². The molecule has 1 fully saturated rings. The van der Waals surface area contributed by atoms with E-state index in [1.165, 1.54) is 5.56 Å². The third kappa shape index (κ3) is 4.26. The molecule has 4 heteroatoms. The lowest BCUT2D eigenvalue weighted by Crippen LogP contribution is -2.31. The molecule has 2 heterocycles. The molecule has 1 saturated heterocycles. The fraction of sp³-hybridized carbons (Fsp3) is 0.450. The van der Waals surface area contributed by atoms with Crippen LogP contribution in [0.3, 0.4) is 0 Å². The number of hydrogen-bond donors (Lipinski definition) is 1. The standard InChI is InChI=1S/C20H26N2O2/c1-15-12-19(16(2)24-15)20(23)21-13-18-9-11-22(14-18)10-8-17-6-4-3-5-7-17/h3-7,12,18H,8-11,13-14H2,1-2H3,(H,21,23)/t18-/m0/s1. The maximum Gasteiger partial charge on any atom is 0.254 e. The van der Waals surface area contributed by atoms with Gasteiger partial charge in [0.1, 0.15) is 11.5 Å². The van der Waals surface area contributed by atoms with Crippen LogP contribution in [0, 0.1) is 19.8 Å². The zero-order valence-corrected chi connectivity index (χ0v) is 14.5. The van der Waals surface area contributed by atoms with E-state index in [-0.39, 0.29) is 5.91 Å². The maximum absolute atomic E-state index is 12.2. The van der Waals surface area contributed by atoms with Crippen LogP contribution in [0.25, 0.3) is 0 Å². The summed E-state index contributed by atoms with van der Waals surface area (Å²) in [5.41, 5.74) is 2.05.